The quantitative estimate of drug-likeness (QED) is 0.590. The first kappa shape index (κ1) is 18.4. The van der Waals surface area contributed by atoms with Crippen molar-refractivity contribution in [2.45, 2.75) is 26.6 Å². The fourth-order valence-corrected chi connectivity index (χ4v) is 2.30. The molecule has 0 aliphatic carbocycles. The zero-order valence-electron chi connectivity index (χ0n) is 14.1. The van der Waals surface area contributed by atoms with Gasteiger partial charge < -0.3 is 9.47 Å². The molecule has 0 atom stereocenters. The van der Waals surface area contributed by atoms with Gasteiger partial charge in [0.25, 0.3) is 6.29 Å². The standard InChI is InChI=1S/C20H19FO4/c1-14(22)24-20(25-15(2)23)18(12-16-8-4-3-5-9-16)13-17-10-6-7-11-19(17)21/h3-11,13,20H,12H2,1-2H3/b18-13+. The molecule has 0 saturated heterocycles. The zero-order valence-corrected chi connectivity index (χ0v) is 14.1. The van der Waals surface area contributed by atoms with Gasteiger partial charge in [-0.25, -0.2) is 4.39 Å². The zero-order chi connectivity index (χ0) is 18.2. The average Bonchev–Trinajstić information content (AvgIpc) is 2.56. The van der Waals surface area contributed by atoms with Crippen LogP contribution in [0.4, 0.5) is 4.39 Å². The van der Waals surface area contributed by atoms with Gasteiger partial charge in [0.1, 0.15) is 5.82 Å². The third kappa shape index (κ3) is 5.88. The van der Waals surface area contributed by atoms with Crippen molar-refractivity contribution in [2.24, 2.45) is 0 Å². The van der Waals surface area contributed by atoms with Crippen LogP contribution in [-0.2, 0) is 25.5 Å². The average molecular weight is 342 g/mol. The fraction of sp³-hybridized carbons (Fsp3) is 0.200. The van der Waals surface area contributed by atoms with Gasteiger partial charge in [0.15, 0.2) is 0 Å². The Hall–Kier alpha value is -2.95. The lowest BCUT2D eigenvalue weighted by molar-refractivity contribution is -0.178. The smallest absolute Gasteiger partial charge is 0.305 e. The van der Waals surface area contributed by atoms with Gasteiger partial charge in [-0.2, -0.15) is 0 Å². The Morgan fingerprint density at radius 1 is 0.960 bits per heavy atom. The molecule has 2 aromatic rings. The lowest BCUT2D eigenvalue weighted by Gasteiger charge is -2.20. The van der Waals surface area contributed by atoms with E-state index in [9.17, 15) is 14.0 Å². The Morgan fingerprint density at radius 3 is 2.08 bits per heavy atom. The van der Waals surface area contributed by atoms with E-state index in [0.717, 1.165) is 5.56 Å². The summed E-state index contributed by atoms with van der Waals surface area (Å²) in [6.45, 7) is 2.44. The van der Waals surface area contributed by atoms with E-state index in [1.165, 1.54) is 19.9 Å². The van der Waals surface area contributed by atoms with Gasteiger partial charge in [-0.15, -0.1) is 0 Å². The molecular weight excluding hydrogens is 323 g/mol. The molecule has 0 saturated carbocycles. The van der Waals surface area contributed by atoms with Crippen LogP contribution >= 0.6 is 0 Å². The highest BCUT2D eigenvalue weighted by Crippen LogP contribution is 2.21. The van der Waals surface area contributed by atoms with Crippen LogP contribution in [0, 0.1) is 5.82 Å². The van der Waals surface area contributed by atoms with Crippen LogP contribution < -0.4 is 0 Å². The molecule has 0 amide bonds. The van der Waals surface area contributed by atoms with E-state index in [2.05, 4.69) is 0 Å². The van der Waals surface area contributed by atoms with Crippen LogP contribution in [0.25, 0.3) is 6.08 Å². The SMILES string of the molecule is CC(=O)OC(OC(C)=O)/C(=C/c1ccccc1F)Cc1ccccc1. The molecule has 0 unspecified atom stereocenters. The van der Waals surface area contributed by atoms with E-state index in [4.69, 9.17) is 9.47 Å². The molecule has 2 rings (SSSR count). The highest BCUT2D eigenvalue weighted by Gasteiger charge is 2.21. The minimum absolute atomic E-state index is 0.317. The molecule has 0 aromatic heterocycles. The first-order valence-corrected chi connectivity index (χ1v) is 7.79. The second-order valence-corrected chi connectivity index (χ2v) is 5.45. The van der Waals surface area contributed by atoms with Crippen LogP contribution in [-0.4, -0.2) is 18.2 Å². The number of benzene rings is 2. The predicted octanol–water partition coefficient (Wildman–Crippen LogP) is 3.90. The van der Waals surface area contributed by atoms with Crippen molar-refractivity contribution in [3.8, 4) is 0 Å². The van der Waals surface area contributed by atoms with Crippen molar-refractivity contribution in [3.63, 3.8) is 0 Å². The van der Waals surface area contributed by atoms with E-state index in [0.29, 0.717) is 17.6 Å². The summed E-state index contributed by atoms with van der Waals surface area (Å²) >= 11 is 0. The Bertz CT molecular complexity index is 752. The summed E-state index contributed by atoms with van der Waals surface area (Å²) in [5.41, 5.74) is 1.69. The van der Waals surface area contributed by atoms with Crippen LogP contribution in [0.2, 0.25) is 0 Å². The van der Waals surface area contributed by atoms with E-state index < -0.39 is 24.0 Å². The molecule has 5 heteroatoms. The number of rotatable bonds is 6. The number of hydrogen-bond acceptors (Lipinski definition) is 4. The summed E-state index contributed by atoms with van der Waals surface area (Å²) in [5, 5.41) is 0. The van der Waals surface area contributed by atoms with Crippen molar-refractivity contribution in [1.29, 1.82) is 0 Å². The van der Waals surface area contributed by atoms with Gasteiger partial charge in [-0.1, -0.05) is 48.5 Å². The third-order valence-electron chi connectivity index (χ3n) is 3.35. The van der Waals surface area contributed by atoms with Crippen molar-refractivity contribution in [1.82, 2.24) is 0 Å². The molecule has 0 aliphatic heterocycles. The number of hydrogen-bond donors (Lipinski definition) is 0. The van der Waals surface area contributed by atoms with Gasteiger partial charge in [0.05, 0.1) is 0 Å². The van der Waals surface area contributed by atoms with E-state index in [-0.39, 0.29) is 0 Å². The summed E-state index contributed by atoms with van der Waals surface area (Å²) in [5.74, 6) is -1.62. The van der Waals surface area contributed by atoms with Gasteiger partial charge in [-0.05, 0) is 17.7 Å². The maximum atomic E-state index is 14.0. The van der Waals surface area contributed by atoms with Crippen molar-refractivity contribution in [3.05, 3.63) is 77.1 Å². The molecule has 0 radical (unpaired) electrons. The van der Waals surface area contributed by atoms with E-state index >= 15 is 0 Å². The van der Waals surface area contributed by atoms with Crippen LogP contribution in [0.1, 0.15) is 25.0 Å². The highest BCUT2D eigenvalue weighted by molar-refractivity contribution is 5.69. The first-order chi connectivity index (χ1) is 12.0. The maximum Gasteiger partial charge on any atom is 0.305 e. The molecule has 0 spiro atoms. The monoisotopic (exact) mass is 342 g/mol. The summed E-state index contributed by atoms with van der Waals surface area (Å²) in [6.07, 6.45) is 0.661. The normalized spacial score (nSPS) is 11.3. The summed E-state index contributed by atoms with van der Waals surface area (Å²) in [4.78, 5) is 22.8. The maximum absolute atomic E-state index is 14.0. The number of esters is 2. The van der Waals surface area contributed by atoms with Gasteiger partial charge in [0.2, 0.25) is 0 Å². The van der Waals surface area contributed by atoms with Crippen molar-refractivity contribution >= 4 is 18.0 Å². The van der Waals surface area contributed by atoms with E-state index in [1.54, 1.807) is 24.3 Å². The lowest BCUT2D eigenvalue weighted by Crippen LogP contribution is -2.25. The lowest BCUT2D eigenvalue weighted by atomic mass is 10.0. The number of ether oxygens (including phenoxy) is 2. The Balaban J connectivity index is 2.43. The first-order valence-electron chi connectivity index (χ1n) is 7.79. The summed E-state index contributed by atoms with van der Waals surface area (Å²) < 4.78 is 24.3. The molecule has 2 aromatic carbocycles. The molecule has 0 heterocycles. The van der Waals surface area contributed by atoms with E-state index in [1.807, 2.05) is 30.3 Å². The van der Waals surface area contributed by atoms with Gasteiger partial charge in [-0.3, -0.25) is 9.59 Å². The van der Waals surface area contributed by atoms with Crippen LogP contribution in [0.5, 0.6) is 0 Å². The van der Waals surface area contributed by atoms with Gasteiger partial charge in [0, 0.05) is 31.4 Å². The molecule has 25 heavy (non-hydrogen) atoms. The Kier molecular flexibility index (Phi) is 6.46. The molecule has 0 fully saturated rings. The number of carbonyl (C=O) groups is 2. The summed E-state index contributed by atoms with van der Waals surface area (Å²) in [7, 11) is 0. The summed E-state index contributed by atoms with van der Waals surface area (Å²) in [6, 6.07) is 15.6. The second-order valence-electron chi connectivity index (χ2n) is 5.45. The third-order valence-corrected chi connectivity index (χ3v) is 3.35. The molecule has 130 valence electrons. The molecule has 4 nitrogen and oxygen atoms in total. The molecule has 0 aliphatic rings. The van der Waals surface area contributed by atoms with Gasteiger partial charge >= 0.3 is 11.9 Å². The minimum atomic E-state index is -1.21. The largest absolute Gasteiger partial charge is 0.421 e. The minimum Gasteiger partial charge on any atom is -0.421 e. The Labute approximate surface area is 145 Å². The molecule has 0 N–H and O–H groups in total. The molecule has 0 bridgehead atoms. The fourth-order valence-electron chi connectivity index (χ4n) is 2.30. The van der Waals surface area contributed by atoms with Crippen LogP contribution in [0.3, 0.4) is 0 Å². The molecular formula is C20H19FO4. The van der Waals surface area contributed by atoms with Crippen LogP contribution in [0.15, 0.2) is 60.2 Å². The van der Waals surface area contributed by atoms with Crippen molar-refractivity contribution in [2.75, 3.05) is 0 Å². The second kappa shape index (κ2) is 8.78. The Morgan fingerprint density at radius 2 is 1.52 bits per heavy atom. The number of carbonyl (C=O) groups excluding carboxylic acids is 2. The topological polar surface area (TPSA) is 52.6 Å². The predicted molar refractivity (Wildman–Crippen MR) is 91.8 cm³/mol. The van der Waals surface area contributed by atoms with Crippen molar-refractivity contribution < 1.29 is 23.5 Å². The highest BCUT2D eigenvalue weighted by atomic mass is 19.1. The number of halogens is 1.